The second-order valence-corrected chi connectivity index (χ2v) is 6.53. The smallest absolute Gasteiger partial charge is 0.222 e. The Hall–Kier alpha value is -3.14. The second kappa shape index (κ2) is 8.70. The normalized spacial score (nSPS) is 12.2. The van der Waals surface area contributed by atoms with Crippen LogP contribution in [-0.4, -0.2) is 49.6 Å². The number of aliphatic hydroxyl groups is 1. The maximum absolute atomic E-state index is 9.35. The molecule has 0 bridgehead atoms. The molecule has 3 aromatic rings. The predicted octanol–water partition coefficient (Wildman–Crippen LogP) is 1.41. The van der Waals surface area contributed by atoms with Crippen molar-refractivity contribution in [3.8, 4) is 5.75 Å². The molecule has 6 N–H and O–H groups in total. The lowest BCUT2D eigenvalue weighted by molar-refractivity contribution is 0.276. The quantitative estimate of drug-likeness (QED) is 0.428. The molecule has 0 aromatic carbocycles. The zero-order chi connectivity index (χ0) is 20.1. The van der Waals surface area contributed by atoms with Crippen molar-refractivity contribution < 1.29 is 9.84 Å². The molecule has 0 aliphatic heterocycles. The molecule has 0 unspecified atom stereocenters. The number of rotatable bonds is 9. The number of nitrogens with one attached hydrogen (secondary N) is 1. The van der Waals surface area contributed by atoms with E-state index in [1.165, 1.54) is 0 Å². The monoisotopic (exact) mass is 386 g/mol. The fourth-order valence-corrected chi connectivity index (χ4v) is 3.15. The van der Waals surface area contributed by atoms with Crippen LogP contribution in [-0.2, 0) is 6.54 Å². The summed E-state index contributed by atoms with van der Waals surface area (Å²) in [5, 5.41) is 17.2. The van der Waals surface area contributed by atoms with Crippen LogP contribution >= 0.6 is 0 Å². The molecule has 0 radical (unpaired) electrons. The summed E-state index contributed by atoms with van der Waals surface area (Å²) in [6.07, 6.45) is 5.71. The minimum absolute atomic E-state index is 0.0695. The molecule has 150 valence electrons. The number of nitrogens with two attached hydrogens (primary N) is 2. The molecule has 10 heteroatoms. The highest BCUT2D eigenvalue weighted by molar-refractivity contribution is 5.86. The van der Waals surface area contributed by atoms with Gasteiger partial charge in [0.25, 0.3) is 0 Å². The standard InChI is InChI=1S/C18H26N8O2/c1-3-4-12(5-6-27)23-17-16-13(24-18(20)25-17)9-22-26(16)10-14-15(28-2)7-11(19)8-21-14/h7-9,12,27H,3-6,10,19H2,1-2H3,(H3,20,23,24,25)/t12-/m0/s1. The molecule has 0 amide bonds. The topological polar surface area (TPSA) is 150 Å². The maximum atomic E-state index is 9.35. The summed E-state index contributed by atoms with van der Waals surface area (Å²) in [6, 6.07) is 1.79. The van der Waals surface area contributed by atoms with Crippen LogP contribution in [0.15, 0.2) is 18.5 Å². The highest BCUT2D eigenvalue weighted by Gasteiger charge is 2.17. The van der Waals surface area contributed by atoms with Crippen LogP contribution in [0.4, 0.5) is 17.5 Å². The van der Waals surface area contributed by atoms with E-state index in [0.29, 0.717) is 46.9 Å². The number of methoxy groups -OCH3 is 1. The van der Waals surface area contributed by atoms with Crippen molar-refractivity contribution >= 4 is 28.5 Å². The molecule has 3 aromatic heterocycles. The molecule has 0 saturated heterocycles. The Bertz CT molecular complexity index is 937. The first-order valence-corrected chi connectivity index (χ1v) is 9.20. The third-order valence-electron chi connectivity index (χ3n) is 4.43. The molecule has 3 heterocycles. The first kappa shape index (κ1) is 19.6. The van der Waals surface area contributed by atoms with Crippen molar-refractivity contribution in [1.82, 2.24) is 24.7 Å². The van der Waals surface area contributed by atoms with Gasteiger partial charge >= 0.3 is 0 Å². The van der Waals surface area contributed by atoms with Gasteiger partial charge in [-0.1, -0.05) is 13.3 Å². The van der Waals surface area contributed by atoms with E-state index in [2.05, 4.69) is 32.3 Å². The van der Waals surface area contributed by atoms with Gasteiger partial charge in [-0.2, -0.15) is 10.1 Å². The van der Waals surface area contributed by atoms with E-state index >= 15 is 0 Å². The molecule has 0 aliphatic carbocycles. The minimum Gasteiger partial charge on any atom is -0.495 e. The van der Waals surface area contributed by atoms with Gasteiger partial charge in [-0.05, 0) is 12.8 Å². The van der Waals surface area contributed by atoms with Gasteiger partial charge in [-0.15, -0.1) is 0 Å². The third-order valence-corrected chi connectivity index (χ3v) is 4.43. The van der Waals surface area contributed by atoms with Gasteiger partial charge in [-0.3, -0.25) is 9.67 Å². The Morgan fingerprint density at radius 2 is 2.07 bits per heavy atom. The van der Waals surface area contributed by atoms with Crippen molar-refractivity contribution in [3.05, 3.63) is 24.2 Å². The number of aliphatic hydroxyl groups excluding tert-OH is 1. The van der Waals surface area contributed by atoms with E-state index in [0.717, 1.165) is 12.8 Å². The Kier molecular flexibility index (Phi) is 6.09. The summed E-state index contributed by atoms with van der Waals surface area (Å²) in [6.45, 7) is 2.54. The van der Waals surface area contributed by atoms with Gasteiger partial charge in [0.2, 0.25) is 5.95 Å². The molecule has 0 spiro atoms. The maximum Gasteiger partial charge on any atom is 0.222 e. The number of nitrogen functional groups attached to an aromatic ring is 2. The van der Waals surface area contributed by atoms with Gasteiger partial charge in [-0.25, -0.2) is 4.98 Å². The lowest BCUT2D eigenvalue weighted by atomic mass is 10.1. The summed E-state index contributed by atoms with van der Waals surface area (Å²) in [5.41, 5.74) is 14.2. The van der Waals surface area contributed by atoms with E-state index in [-0.39, 0.29) is 18.6 Å². The molecule has 28 heavy (non-hydrogen) atoms. The van der Waals surface area contributed by atoms with Gasteiger partial charge in [0.05, 0.1) is 31.7 Å². The van der Waals surface area contributed by atoms with Crippen LogP contribution in [0.1, 0.15) is 31.9 Å². The molecular formula is C18H26N8O2. The molecule has 0 aliphatic rings. The largest absolute Gasteiger partial charge is 0.495 e. The van der Waals surface area contributed by atoms with E-state index in [4.69, 9.17) is 16.2 Å². The highest BCUT2D eigenvalue weighted by atomic mass is 16.5. The van der Waals surface area contributed by atoms with Crippen molar-refractivity contribution in [2.75, 3.05) is 30.5 Å². The van der Waals surface area contributed by atoms with Crippen LogP contribution in [0.25, 0.3) is 11.0 Å². The van der Waals surface area contributed by atoms with Crippen molar-refractivity contribution in [3.63, 3.8) is 0 Å². The zero-order valence-corrected chi connectivity index (χ0v) is 16.1. The SMILES string of the molecule is CCC[C@@H](CCO)Nc1nc(N)nc2cnn(Cc3ncc(N)cc3OC)c12. The average molecular weight is 386 g/mol. The first-order valence-electron chi connectivity index (χ1n) is 9.20. The van der Waals surface area contributed by atoms with E-state index in [1.807, 2.05) is 0 Å². The second-order valence-electron chi connectivity index (χ2n) is 6.53. The zero-order valence-electron chi connectivity index (χ0n) is 16.1. The number of anilines is 3. The number of fused-ring (bicyclic) bond motifs is 1. The van der Waals surface area contributed by atoms with E-state index < -0.39 is 0 Å². The Morgan fingerprint density at radius 1 is 1.25 bits per heavy atom. The van der Waals surface area contributed by atoms with Gasteiger partial charge < -0.3 is 26.6 Å². The first-order chi connectivity index (χ1) is 13.5. The fraction of sp³-hybridized carbons (Fsp3) is 0.444. The van der Waals surface area contributed by atoms with Crippen LogP contribution < -0.4 is 21.5 Å². The molecule has 3 rings (SSSR count). The van der Waals surface area contributed by atoms with Crippen LogP contribution in [0.3, 0.4) is 0 Å². The summed E-state index contributed by atoms with van der Waals surface area (Å²) < 4.78 is 7.14. The third kappa shape index (κ3) is 4.22. The number of ether oxygens (including phenoxy) is 1. The molecule has 1 atom stereocenters. The predicted molar refractivity (Wildman–Crippen MR) is 108 cm³/mol. The highest BCUT2D eigenvalue weighted by Crippen LogP contribution is 2.26. The number of hydrogen-bond acceptors (Lipinski definition) is 9. The summed E-state index contributed by atoms with van der Waals surface area (Å²) in [7, 11) is 1.57. The Morgan fingerprint density at radius 3 is 2.79 bits per heavy atom. The molecular weight excluding hydrogens is 360 g/mol. The summed E-state index contributed by atoms with van der Waals surface area (Å²) >= 11 is 0. The van der Waals surface area contributed by atoms with E-state index in [1.54, 1.807) is 30.3 Å². The Balaban J connectivity index is 2.00. The van der Waals surface area contributed by atoms with Crippen LogP contribution in [0.2, 0.25) is 0 Å². The lowest BCUT2D eigenvalue weighted by Crippen LogP contribution is -2.22. The Labute approximate surface area is 162 Å². The number of nitrogens with zero attached hydrogens (tertiary/aromatic N) is 5. The summed E-state index contributed by atoms with van der Waals surface area (Å²) in [4.78, 5) is 13.0. The lowest BCUT2D eigenvalue weighted by Gasteiger charge is -2.19. The summed E-state index contributed by atoms with van der Waals surface area (Å²) in [5.74, 6) is 1.33. The average Bonchev–Trinajstić information content (AvgIpc) is 3.06. The number of aromatic nitrogens is 5. The number of hydrogen-bond donors (Lipinski definition) is 4. The van der Waals surface area contributed by atoms with Crippen LogP contribution in [0, 0.1) is 0 Å². The van der Waals surface area contributed by atoms with E-state index in [9.17, 15) is 5.11 Å². The molecule has 10 nitrogen and oxygen atoms in total. The van der Waals surface area contributed by atoms with Crippen molar-refractivity contribution in [2.45, 2.75) is 38.8 Å². The fourth-order valence-electron chi connectivity index (χ4n) is 3.15. The van der Waals surface area contributed by atoms with Crippen molar-refractivity contribution in [2.24, 2.45) is 0 Å². The molecule has 0 saturated carbocycles. The van der Waals surface area contributed by atoms with Crippen molar-refractivity contribution in [1.29, 1.82) is 0 Å². The van der Waals surface area contributed by atoms with Crippen LogP contribution in [0.5, 0.6) is 5.75 Å². The van der Waals surface area contributed by atoms with Gasteiger partial charge in [0, 0.05) is 18.7 Å². The minimum atomic E-state index is 0.0695. The number of pyridine rings is 1. The van der Waals surface area contributed by atoms with Gasteiger partial charge in [0.1, 0.15) is 22.5 Å². The van der Waals surface area contributed by atoms with Gasteiger partial charge in [0.15, 0.2) is 5.82 Å². The molecule has 0 fully saturated rings.